The maximum absolute atomic E-state index is 5.36. The van der Waals surface area contributed by atoms with Crippen LogP contribution in [0.4, 0.5) is 11.9 Å². The number of nitrogens with one attached hydrogen (secondary N) is 1. The summed E-state index contributed by atoms with van der Waals surface area (Å²) in [6.45, 7) is 4.90. The zero-order chi connectivity index (χ0) is 13.7. The van der Waals surface area contributed by atoms with E-state index in [-0.39, 0.29) is 6.01 Å². The summed E-state index contributed by atoms with van der Waals surface area (Å²) in [4.78, 5) is 14.7. The molecule has 0 bridgehead atoms. The van der Waals surface area contributed by atoms with Crippen LogP contribution in [0.3, 0.4) is 0 Å². The molecule has 0 amide bonds. The molecule has 1 saturated heterocycles. The first kappa shape index (κ1) is 13.8. The highest BCUT2D eigenvalue weighted by molar-refractivity contribution is 5.38. The van der Waals surface area contributed by atoms with Gasteiger partial charge in [-0.15, -0.1) is 0 Å². The van der Waals surface area contributed by atoms with Gasteiger partial charge in [0.25, 0.3) is 0 Å². The highest BCUT2D eigenvalue weighted by atomic mass is 16.5. The number of hydrazine groups is 1. The number of anilines is 2. The average molecular weight is 268 g/mol. The molecule has 1 fully saturated rings. The Morgan fingerprint density at radius 1 is 1.42 bits per heavy atom. The zero-order valence-electron chi connectivity index (χ0n) is 11.3. The van der Waals surface area contributed by atoms with E-state index in [0.29, 0.717) is 24.4 Å². The van der Waals surface area contributed by atoms with Gasteiger partial charge in [-0.1, -0.05) is 0 Å². The number of rotatable bonds is 6. The SMILES string of the molecule is CCOc1nc(NN)nc(N2CCC(COC)C2)n1. The third kappa shape index (κ3) is 3.42. The lowest BCUT2D eigenvalue weighted by atomic mass is 10.1. The van der Waals surface area contributed by atoms with Gasteiger partial charge in [0.1, 0.15) is 0 Å². The Morgan fingerprint density at radius 2 is 2.26 bits per heavy atom. The summed E-state index contributed by atoms with van der Waals surface area (Å²) >= 11 is 0. The summed E-state index contributed by atoms with van der Waals surface area (Å²) in [5, 5.41) is 0. The molecule has 1 aromatic rings. The molecule has 8 heteroatoms. The predicted molar refractivity (Wildman–Crippen MR) is 71.0 cm³/mol. The van der Waals surface area contributed by atoms with Crippen molar-refractivity contribution in [1.82, 2.24) is 15.0 Å². The number of nitrogen functional groups attached to an aromatic ring is 1. The molecule has 1 atom stereocenters. The van der Waals surface area contributed by atoms with Crippen molar-refractivity contribution in [2.45, 2.75) is 13.3 Å². The van der Waals surface area contributed by atoms with Crippen LogP contribution in [-0.4, -0.2) is 48.4 Å². The molecule has 8 nitrogen and oxygen atoms in total. The molecular weight excluding hydrogens is 248 g/mol. The van der Waals surface area contributed by atoms with E-state index in [1.807, 2.05) is 6.92 Å². The number of methoxy groups -OCH3 is 1. The topological polar surface area (TPSA) is 98.4 Å². The number of hydrogen-bond acceptors (Lipinski definition) is 8. The van der Waals surface area contributed by atoms with Crippen molar-refractivity contribution in [2.24, 2.45) is 11.8 Å². The molecule has 0 spiro atoms. The fourth-order valence-corrected chi connectivity index (χ4v) is 2.13. The van der Waals surface area contributed by atoms with Gasteiger partial charge in [0.2, 0.25) is 11.9 Å². The Kier molecular flexibility index (Phi) is 4.69. The van der Waals surface area contributed by atoms with Crippen molar-refractivity contribution < 1.29 is 9.47 Å². The van der Waals surface area contributed by atoms with Gasteiger partial charge in [0.15, 0.2) is 0 Å². The van der Waals surface area contributed by atoms with E-state index in [2.05, 4.69) is 25.3 Å². The molecule has 19 heavy (non-hydrogen) atoms. The van der Waals surface area contributed by atoms with Gasteiger partial charge in [0.05, 0.1) is 13.2 Å². The maximum atomic E-state index is 5.36. The molecule has 2 heterocycles. The standard InChI is InChI=1S/C11H20N6O2/c1-3-19-11-14-9(16-12)13-10(15-11)17-5-4-8(6-17)7-18-2/h8H,3-7,12H2,1-2H3,(H,13,14,15,16). The van der Waals surface area contributed by atoms with Gasteiger partial charge in [-0.05, 0) is 13.3 Å². The molecule has 0 aromatic carbocycles. The first-order valence-corrected chi connectivity index (χ1v) is 6.36. The second-order valence-electron chi connectivity index (χ2n) is 4.37. The van der Waals surface area contributed by atoms with Gasteiger partial charge in [-0.2, -0.15) is 15.0 Å². The molecule has 106 valence electrons. The lowest BCUT2D eigenvalue weighted by Crippen LogP contribution is -2.24. The van der Waals surface area contributed by atoms with E-state index in [4.69, 9.17) is 15.3 Å². The van der Waals surface area contributed by atoms with E-state index in [9.17, 15) is 0 Å². The fourth-order valence-electron chi connectivity index (χ4n) is 2.13. The van der Waals surface area contributed by atoms with Crippen LogP contribution in [0.25, 0.3) is 0 Å². The molecule has 3 N–H and O–H groups in total. The van der Waals surface area contributed by atoms with E-state index >= 15 is 0 Å². The van der Waals surface area contributed by atoms with Crippen LogP contribution in [0.1, 0.15) is 13.3 Å². The predicted octanol–water partition coefficient (Wildman–Crippen LogP) is 0.0286. The molecule has 2 rings (SSSR count). The minimum absolute atomic E-state index is 0.288. The summed E-state index contributed by atoms with van der Waals surface area (Å²) in [6, 6.07) is 0.288. The van der Waals surface area contributed by atoms with Gasteiger partial charge in [-0.25, -0.2) is 5.84 Å². The first-order chi connectivity index (χ1) is 9.26. The quantitative estimate of drug-likeness (QED) is 0.550. The van der Waals surface area contributed by atoms with Crippen LogP contribution in [0.5, 0.6) is 6.01 Å². The number of aromatic nitrogens is 3. The summed E-state index contributed by atoms with van der Waals surface area (Å²) in [6.07, 6.45) is 1.06. The summed E-state index contributed by atoms with van der Waals surface area (Å²) < 4.78 is 10.5. The molecule has 0 aliphatic carbocycles. The maximum Gasteiger partial charge on any atom is 0.323 e. The number of ether oxygens (including phenoxy) is 2. The Morgan fingerprint density at radius 3 is 2.95 bits per heavy atom. The normalized spacial score (nSPS) is 18.7. The van der Waals surface area contributed by atoms with Crippen molar-refractivity contribution in [1.29, 1.82) is 0 Å². The molecular formula is C11H20N6O2. The molecule has 0 radical (unpaired) electrons. The fraction of sp³-hybridized carbons (Fsp3) is 0.727. The second-order valence-corrected chi connectivity index (χ2v) is 4.37. The van der Waals surface area contributed by atoms with Crippen molar-refractivity contribution in [3.63, 3.8) is 0 Å². The Hall–Kier alpha value is -1.67. The third-order valence-electron chi connectivity index (χ3n) is 2.98. The molecule has 1 aliphatic heterocycles. The average Bonchev–Trinajstić information content (AvgIpc) is 2.88. The number of hydrogen-bond donors (Lipinski definition) is 2. The lowest BCUT2D eigenvalue weighted by Gasteiger charge is -2.17. The van der Waals surface area contributed by atoms with Crippen LogP contribution < -0.4 is 20.9 Å². The monoisotopic (exact) mass is 268 g/mol. The Bertz CT molecular complexity index is 416. The van der Waals surface area contributed by atoms with Crippen LogP contribution in [-0.2, 0) is 4.74 Å². The summed E-state index contributed by atoms with van der Waals surface area (Å²) in [7, 11) is 1.72. The van der Waals surface area contributed by atoms with Gasteiger partial charge in [-0.3, -0.25) is 5.43 Å². The highest BCUT2D eigenvalue weighted by Gasteiger charge is 2.25. The number of nitrogens with two attached hydrogens (primary N) is 1. The minimum atomic E-state index is 0.288. The minimum Gasteiger partial charge on any atom is -0.464 e. The molecule has 1 aromatic heterocycles. The van der Waals surface area contributed by atoms with Crippen LogP contribution in [0.15, 0.2) is 0 Å². The van der Waals surface area contributed by atoms with E-state index in [1.54, 1.807) is 7.11 Å². The van der Waals surface area contributed by atoms with Crippen LogP contribution >= 0.6 is 0 Å². The summed E-state index contributed by atoms with van der Waals surface area (Å²) in [5.74, 6) is 6.76. The number of nitrogens with zero attached hydrogens (tertiary/aromatic N) is 4. The molecule has 1 aliphatic rings. The molecule has 0 saturated carbocycles. The van der Waals surface area contributed by atoms with Crippen molar-refractivity contribution in [2.75, 3.05) is 43.7 Å². The highest BCUT2D eigenvalue weighted by Crippen LogP contribution is 2.22. The van der Waals surface area contributed by atoms with Gasteiger partial charge >= 0.3 is 6.01 Å². The summed E-state index contributed by atoms with van der Waals surface area (Å²) in [5.41, 5.74) is 2.43. The van der Waals surface area contributed by atoms with Crippen molar-refractivity contribution in [3.8, 4) is 6.01 Å². The van der Waals surface area contributed by atoms with E-state index < -0.39 is 0 Å². The van der Waals surface area contributed by atoms with E-state index in [0.717, 1.165) is 26.1 Å². The molecule has 1 unspecified atom stereocenters. The second kappa shape index (κ2) is 6.48. The largest absolute Gasteiger partial charge is 0.464 e. The van der Waals surface area contributed by atoms with Crippen LogP contribution in [0, 0.1) is 5.92 Å². The third-order valence-corrected chi connectivity index (χ3v) is 2.98. The van der Waals surface area contributed by atoms with Gasteiger partial charge in [0, 0.05) is 26.1 Å². The van der Waals surface area contributed by atoms with E-state index in [1.165, 1.54) is 0 Å². The first-order valence-electron chi connectivity index (χ1n) is 6.36. The van der Waals surface area contributed by atoms with Crippen molar-refractivity contribution >= 4 is 11.9 Å². The Balaban J connectivity index is 2.12. The van der Waals surface area contributed by atoms with Gasteiger partial charge < -0.3 is 14.4 Å². The Labute approximate surface area is 112 Å². The zero-order valence-corrected chi connectivity index (χ0v) is 11.3. The van der Waals surface area contributed by atoms with Crippen LogP contribution in [0.2, 0.25) is 0 Å². The van der Waals surface area contributed by atoms with Crippen molar-refractivity contribution in [3.05, 3.63) is 0 Å². The smallest absolute Gasteiger partial charge is 0.323 e. The lowest BCUT2D eigenvalue weighted by molar-refractivity contribution is 0.161.